The van der Waals surface area contributed by atoms with Crippen LogP contribution in [0.4, 0.5) is 0 Å². The van der Waals surface area contributed by atoms with E-state index in [4.69, 9.17) is 9.47 Å². The summed E-state index contributed by atoms with van der Waals surface area (Å²) in [5.41, 5.74) is -0.421. The van der Waals surface area contributed by atoms with Gasteiger partial charge in [-0.3, -0.25) is 4.79 Å². The molecule has 106 valence electrons. The molecule has 0 aliphatic carbocycles. The number of carbonyl (C=O) groups excluding carboxylic acids is 1. The van der Waals surface area contributed by atoms with Gasteiger partial charge in [0.2, 0.25) is 0 Å². The SMILES string of the molecule is CC(C)(C)OC(=O)CNCCCOc1ccccc1. The number of para-hydroxylation sites is 1. The van der Waals surface area contributed by atoms with Gasteiger partial charge in [0.25, 0.3) is 0 Å². The number of nitrogens with one attached hydrogen (secondary N) is 1. The number of carbonyl (C=O) groups is 1. The summed E-state index contributed by atoms with van der Waals surface area (Å²) in [7, 11) is 0. The fourth-order valence-corrected chi connectivity index (χ4v) is 1.47. The van der Waals surface area contributed by atoms with Crippen LogP contribution in [-0.4, -0.2) is 31.3 Å². The minimum absolute atomic E-state index is 0.225. The molecule has 0 aromatic heterocycles. The lowest BCUT2D eigenvalue weighted by Gasteiger charge is -2.19. The normalized spacial score (nSPS) is 11.1. The topological polar surface area (TPSA) is 47.6 Å². The first-order valence-electron chi connectivity index (χ1n) is 6.58. The maximum atomic E-state index is 11.4. The van der Waals surface area contributed by atoms with Gasteiger partial charge in [-0.2, -0.15) is 0 Å². The highest BCUT2D eigenvalue weighted by molar-refractivity contribution is 5.72. The molecule has 4 heteroatoms. The molecule has 1 rings (SSSR count). The maximum Gasteiger partial charge on any atom is 0.320 e. The zero-order valence-corrected chi connectivity index (χ0v) is 11.9. The van der Waals surface area contributed by atoms with Crippen molar-refractivity contribution >= 4 is 5.97 Å². The fourth-order valence-electron chi connectivity index (χ4n) is 1.47. The van der Waals surface area contributed by atoms with Gasteiger partial charge in [-0.1, -0.05) is 18.2 Å². The number of esters is 1. The zero-order chi connectivity index (χ0) is 14.1. The first kappa shape index (κ1) is 15.5. The Balaban J connectivity index is 2.01. The Bertz CT molecular complexity index is 371. The fraction of sp³-hybridized carbons (Fsp3) is 0.533. The van der Waals surface area contributed by atoms with Crippen LogP contribution in [0.25, 0.3) is 0 Å². The minimum Gasteiger partial charge on any atom is -0.494 e. The van der Waals surface area contributed by atoms with Crippen LogP contribution < -0.4 is 10.1 Å². The summed E-state index contributed by atoms with van der Waals surface area (Å²) < 4.78 is 10.7. The molecule has 0 saturated carbocycles. The second kappa shape index (κ2) is 7.79. The van der Waals surface area contributed by atoms with E-state index < -0.39 is 5.60 Å². The van der Waals surface area contributed by atoms with Gasteiger partial charge in [-0.05, 0) is 45.9 Å². The number of ether oxygens (including phenoxy) is 2. The van der Waals surface area contributed by atoms with Crippen molar-refractivity contribution in [2.24, 2.45) is 0 Å². The number of rotatable bonds is 7. The van der Waals surface area contributed by atoms with E-state index in [-0.39, 0.29) is 12.5 Å². The van der Waals surface area contributed by atoms with E-state index in [0.29, 0.717) is 6.61 Å². The average Bonchev–Trinajstić information content (AvgIpc) is 2.32. The third kappa shape index (κ3) is 8.21. The molecular weight excluding hydrogens is 242 g/mol. The lowest BCUT2D eigenvalue weighted by Crippen LogP contribution is -2.32. The van der Waals surface area contributed by atoms with Crippen molar-refractivity contribution in [2.45, 2.75) is 32.8 Å². The second-order valence-corrected chi connectivity index (χ2v) is 5.28. The first-order valence-corrected chi connectivity index (χ1v) is 6.58. The van der Waals surface area contributed by atoms with Crippen molar-refractivity contribution in [1.82, 2.24) is 5.32 Å². The molecule has 19 heavy (non-hydrogen) atoms. The van der Waals surface area contributed by atoms with Crippen molar-refractivity contribution in [3.63, 3.8) is 0 Å². The van der Waals surface area contributed by atoms with E-state index in [9.17, 15) is 4.79 Å². The van der Waals surface area contributed by atoms with Crippen LogP contribution in [0.3, 0.4) is 0 Å². The highest BCUT2D eigenvalue weighted by atomic mass is 16.6. The average molecular weight is 265 g/mol. The first-order chi connectivity index (χ1) is 8.97. The van der Waals surface area contributed by atoms with Crippen LogP contribution in [0.15, 0.2) is 30.3 Å². The van der Waals surface area contributed by atoms with Crippen LogP contribution in [0.5, 0.6) is 5.75 Å². The Kier molecular flexibility index (Phi) is 6.36. The Hall–Kier alpha value is -1.55. The molecule has 0 aliphatic heterocycles. The number of hydrogen-bond donors (Lipinski definition) is 1. The summed E-state index contributed by atoms with van der Waals surface area (Å²) in [6.45, 7) is 7.18. The summed E-state index contributed by atoms with van der Waals surface area (Å²) in [5.74, 6) is 0.645. The Morgan fingerprint density at radius 1 is 1.21 bits per heavy atom. The van der Waals surface area contributed by atoms with Crippen LogP contribution in [0, 0.1) is 0 Å². The van der Waals surface area contributed by atoms with E-state index in [1.165, 1.54) is 0 Å². The Morgan fingerprint density at radius 3 is 2.53 bits per heavy atom. The monoisotopic (exact) mass is 265 g/mol. The summed E-state index contributed by atoms with van der Waals surface area (Å²) in [5, 5.41) is 3.04. The molecule has 0 radical (unpaired) electrons. The van der Waals surface area contributed by atoms with Crippen LogP contribution in [0.1, 0.15) is 27.2 Å². The number of benzene rings is 1. The molecule has 0 amide bonds. The molecule has 0 bridgehead atoms. The largest absolute Gasteiger partial charge is 0.494 e. The van der Waals surface area contributed by atoms with Crippen LogP contribution in [-0.2, 0) is 9.53 Å². The van der Waals surface area contributed by atoms with Crippen molar-refractivity contribution in [3.05, 3.63) is 30.3 Å². The van der Waals surface area contributed by atoms with Gasteiger partial charge < -0.3 is 14.8 Å². The van der Waals surface area contributed by atoms with Crippen molar-refractivity contribution in [3.8, 4) is 5.75 Å². The van der Waals surface area contributed by atoms with Crippen molar-refractivity contribution < 1.29 is 14.3 Å². The van der Waals surface area contributed by atoms with Gasteiger partial charge in [0.15, 0.2) is 0 Å². The predicted octanol–water partition coefficient (Wildman–Crippen LogP) is 2.39. The molecule has 1 aromatic carbocycles. The van der Waals surface area contributed by atoms with Gasteiger partial charge in [0, 0.05) is 0 Å². The van der Waals surface area contributed by atoms with Gasteiger partial charge in [-0.15, -0.1) is 0 Å². The summed E-state index contributed by atoms with van der Waals surface area (Å²) >= 11 is 0. The predicted molar refractivity (Wildman–Crippen MR) is 75.3 cm³/mol. The molecule has 1 N–H and O–H groups in total. The summed E-state index contributed by atoms with van der Waals surface area (Å²) in [6.07, 6.45) is 0.845. The van der Waals surface area contributed by atoms with Gasteiger partial charge >= 0.3 is 5.97 Å². The lowest BCUT2D eigenvalue weighted by atomic mass is 10.2. The molecule has 0 aliphatic rings. The third-order valence-electron chi connectivity index (χ3n) is 2.20. The third-order valence-corrected chi connectivity index (χ3v) is 2.20. The highest BCUT2D eigenvalue weighted by Crippen LogP contribution is 2.08. The van der Waals surface area contributed by atoms with Gasteiger partial charge in [-0.25, -0.2) is 0 Å². The lowest BCUT2D eigenvalue weighted by molar-refractivity contribution is -0.153. The molecule has 0 heterocycles. The molecule has 0 spiro atoms. The van der Waals surface area contributed by atoms with E-state index >= 15 is 0 Å². The zero-order valence-electron chi connectivity index (χ0n) is 11.9. The van der Waals surface area contributed by atoms with E-state index in [1.54, 1.807) is 0 Å². The second-order valence-electron chi connectivity index (χ2n) is 5.28. The van der Waals surface area contributed by atoms with E-state index in [0.717, 1.165) is 18.7 Å². The van der Waals surface area contributed by atoms with Crippen LogP contribution >= 0.6 is 0 Å². The van der Waals surface area contributed by atoms with Crippen molar-refractivity contribution in [1.29, 1.82) is 0 Å². The quantitative estimate of drug-likeness (QED) is 0.607. The smallest absolute Gasteiger partial charge is 0.320 e. The minimum atomic E-state index is -0.421. The van der Waals surface area contributed by atoms with Gasteiger partial charge in [0.1, 0.15) is 11.4 Å². The Labute approximate surface area is 115 Å². The maximum absolute atomic E-state index is 11.4. The summed E-state index contributed by atoms with van der Waals surface area (Å²) in [4.78, 5) is 11.4. The molecule has 0 fully saturated rings. The molecule has 0 atom stereocenters. The Morgan fingerprint density at radius 2 is 1.89 bits per heavy atom. The van der Waals surface area contributed by atoms with Crippen molar-refractivity contribution in [2.75, 3.05) is 19.7 Å². The molecular formula is C15H23NO3. The summed E-state index contributed by atoms with van der Waals surface area (Å²) in [6, 6.07) is 9.68. The van der Waals surface area contributed by atoms with E-state index in [2.05, 4.69) is 5.32 Å². The van der Waals surface area contributed by atoms with Crippen LogP contribution in [0.2, 0.25) is 0 Å². The molecule has 4 nitrogen and oxygen atoms in total. The van der Waals surface area contributed by atoms with E-state index in [1.807, 2.05) is 51.1 Å². The highest BCUT2D eigenvalue weighted by Gasteiger charge is 2.15. The number of hydrogen-bond acceptors (Lipinski definition) is 4. The standard InChI is InChI=1S/C15H23NO3/c1-15(2,3)19-14(17)12-16-10-7-11-18-13-8-5-4-6-9-13/h4-6,8-9,16H,7,10-12H2,1-3H3. The molecule has 1 aromatic rings. The molecule has 0 saturated heterocycles. The van der Waals surface area contributed by atoms with Gasteiger partial charge in [0.05, 0.1) is 13.2 Å². The molecule has 0 unspecified atom stereocenters.